The SMILES string of the molecule is CCS[C@@H]1OC(CO)[C@@H](OCc2ccccc2)C(OCc2ccccc2)C1OC(=O)C(C)(C)C. The molecule has 6 nitrogen and oxygen atoms in total. The summed E-state index contributed by atoms with van der Waals surface area (Å²) in [6.07, 6.45) is -2.55. The lowest BCUT2D eigenvalue weighted by atomic mass is 9.95. The summed E-state index contributed by atoms with van der Waals surface area (Å²) in [5.74, 6) is 0.424. The highest BCUT2D eigenvalue weighted by Crippen LogP contribution is 2.35. The molecule has 1 aliphatic heterocycles. The smallest absolute Gasteiger partial charge is 0.311 e. The van der Waals surface area contributed by atoms with Crippen molar-refractivity contribution in [2.24, 2.45) is 5.41 Å². The van der Waals surface area contributed by atoms with Gasteiger partial charge >= 0.3 is 5.97 Å². The number of aliphatic hydroxyl groups is 1. The number of esters is 1. The van der Waals surface area contributed by atoms with E-state index in [4.69, 9.17) is 18.9 Å². The Balaban J connectivity index is 1.90. The van der Waals surface area contributed by atoms with Crippen molar-refractivity contribution in [3.63, 3.8) is 0 Å². The van der Waals surface area contributed by atoms with Crippen molar-refractivity contribution in [2.75, 3.05) is 12.4 Å². The second kappa shape index (κ2) is 12.7. The molecule has 0 spiro atoms. The molecule has 1 N–H and O–H groups in total. The molecule has 0 aromatic heterocycles. The van der Waals surface area contributed by atoms with Gasteiger partial charge in [0.1, 0.15) is 23.7 Å². The van der Waals surface area contributed by atoms with E-state index in [0.717, 1.165) is 16.9 Å². The Hall–Kier alpha value is -1.90. The van der Waals surface area contributed by atoms with Gasteiger partial charge in [-0.2, -0.15) is 0 Å². The van der Waals surface area contributed by atoms with Crippen molar-refractivity contribution in [3.05, 3.63) is 71.8 Å². The van der Waals surface area contributed by atoms with E-state index in [1.165, 1.54) is 11.8 Å². The molecule has 2 aromatic carbocycles. The zero-order valence-corrected chi connectivity index (χ0v) is 21.2. The lowest BCUT2D eigenvalue weighted by Gasteiger charge is -2.45. The van der Waals surface area contributed by atoms with Crippen LogP contribution in [0.3, 0.4) is 0 Å². The summed E-state index contributed by atoms with van der Waals surface area (Å²) < 4.78 is 24.9. The van der Waals surface area contributed by atoms with Crippen LogP contribution >= 0.6 is 11.8 Å². The standard InChI is InChI=1S/C27H36O6S/c1-5-34-25-24(33-26(29)27(2,3)4)23(31-18-20-14-10-7-11-15-20)22(21(16-28)32-25)30-17-19-12-8-6-9-13-19/h6-15,21-25,28H,5,16-18H2,1-4H3/t21?,22-,23?,24?,25+/m1/s1. The number of benzene rings is 2. The van der Waals surface area contributed by atoms with Gasteiger partial charge in [0.25, 0.3) is 0 Å². The number of rotatable bonds is 10. The first-order valence-electron chi connectivity index (χ1n) is 11.7. The minimum Gasteiger partial charge on any atom is -0.455 e. The summed E-state index contributed by atoms with van der Waals surface area (Å²) >= 11 is 1.53. The van der Waals surface area contributed by atoms with Gasteiger partial charge in [-0.25, -0.2) is 0 Å². The van der Waals surface area contributed by atoms with E-state index >= 15 is 0 Å². The third-order valence-corrected chi connectivity index (χ3v) is 6.57. The zero-order valence-electron chi connectivity index (χ0n) is 20.4. The second-order valence-corrected chi connectivity index (χ2v) is 10.7. The maximum atomic E-state index is 12.9. The Morgan fingerprint density at radius 2 is 1.44 bits per heavy atom. The van der Waals surface area contributed by atoms with E-state index < -0.39 is 35.3 Å². The fraction of sp³-hybridized carbons (Fsp3) is 0.519. The molecule has 0 amide bonds. The average molecular weight is 489 g/mol. The minimum absolute atomic E-state index is 0.231. The summed E-state index contributed by atoms with van der Waals surface area (Å²) in [6, 6.07) is 19.6. The molecule has 5 atom stereocenters. The van der Waals surface area contributed by atoms with Crippen molar-refractivity contribution in [3.8, 4) is 0 Å². The van der Waals surface area contributed by atoms with Crippen molar-refractivity contribution in [1.29, 1.82) is 0 Å². The molecule has 0 bridgehead atoms. The van der Waals surface area contributed by atoms with E-state index in [9.17, 15) is 9.90 Å². The molecule has 1 heterocycles. The highest BCUT2D eigenvalue weighted by molar-refractivity contribution is 7.99. The van der Waals surface area contributed by atoms with Gasteiger partial charge in [-0.05, 0) is 37.7 Å². The molecular formula is C27H36O6S. The molecule has 0 radical (unpaired) electrons. The Morgan fingerprint density at radius 1 is 0.912 bits per heavy atom. The van der Waals surface area contributed by atoms with Crippen LogP contribution < -0.4 is 0 Å². The summed E-state index contributed by atoms with van der Waals surface area (Å²) in [5, 5.41) is 10.2. The van der Waals surface area contributed by atoms with Crippen LogP contribution in [-0.2, 0) is 37.0 Å². The van der Waals surface area contributed by atoms with Gasteiger partial charge in [-0.3, -0.25) is 4.79 Å². The molecule has 0 aliphatic carbocycles. The summed E-state index contributed by atoms with van der Waals surface area (Å²) in [7, 11) is 0. The van der Waals surface area contributed by atoms with E-state index in [1.807, 2.05) is 88.4 Å². The topological polar surface area (TPSA) is 74.2 Å². The molecule has 3 rings (SSSR count). The lowest BCUT2D eigenvalue weighted by molar-refractivity contribution is -0.249. The first kappa shape index (κ1) is 26.7. The van der Waals surface area contributed by atoms with E-state index in [-0.39, 0.29) is 12.6 Å². The van der Waals surface area contributed by atoms with Gasteiger partial charge in [0.15, 0.2) is 6.10 Å². The second-order valence-electron chi connectivity index (χ2n) is 9.32. The molecule has 2 aromatic rings. The fourth-order valence-electron chi connectivity index (χ4n) is 3.67. The first-order valence-corrected chi connectivity index (χ1v) is 12.8. The number of thioether (sulfide) groups is 1. The van der Waals surface area contributed by atoms with Crippen molar-refractivity contribution >= 4 is 17.7 Å². The van der Waals surface area contributed by atoms with Crippen molar-refractivity contribution in [2.45, 2.75) is 70.8 Å². The molecule has 0 saturated carbocycles. The lowest BCUT2D eigenvalue weighted by Crippen LogP contribution is -2.61. The van der Waals surface area contributed by atoms with Crippen LogP contribution in [0.4, 0.5) is 0 Å². The fourth-order valence-corrected chi connectivity index (χ4v) is 4.62. The molecule has 1 fully saturated rings. The molecule has 1 aliphatic rings. The zero-order chi connectivity index (χ0) is 24.6. The number of carbonyl (C=O) groups is 1. The number of hydrogen-bond acceptors (Lipinski definition) is 7. The maximum absolute atomic E-state index is 12.9. The van der Waals surface area contributed by atoms with Crippen LogP contribution in [0.25, 0.3) is 0 Å². The number of aliphatic hydroxyl groups excluding tert-OH is 1. The van der Waals surface area contributed by atoms with E-state index in [1.54, 1.807) is 0 Å². The van der Waals surface area contributed by atoms with Crippen LogP contribution in [-0.4, -0.2) is 53.3 Å². The van der Waals surface area contributed by atoms with Gasteiger partial charge in [0.2, 0.25) is 0 Å². The van der Waals surface area contributed by atoms with Crippen LogP contribution in [0.1, 0.15) is 38.8 Å². The van der Waals surface area contributed by atoms with E-state index in [0.29, 0.717) is 13.2 Å². The first-order chi connectivity index (χ1) is 16.3. The molecule has 3 unspecified atom stereocenters. The third kappa shape index (κ3) is 7.30. The normalized spacial score (nSPS) is 25.1. The van der Waals surface area contributed by atoms with Crippen LogP contribution in [0.15, 0.2) is 60.7 Å². The Labute approximate surface area is 206 Å². The summed E-state index contributed by atoms with van der Waals surface area (Å²) in [6.45, 7) is 7.89. The van der Waals surface area contributed by atoms with Gasteiger partial charge in [-0.1, -0.05) is 67.6 Å². The molecule has 186 valence electrons. The van der Waals surface area contributed by atoms with Crippen molar-refractivity contribution in [1.82, 2.24) is 0 Å². The maximum Gasteiger partial charge on any atom is 0.311 e. The molecule has 34 heavy (non-hydrogen) atoms. The predicted molar refractivity (Wildman–Crippen MR) is 133 cm³/mol. The molecule has 7 heteroatoms. The third-order valence-electron chi connectivity index (χ3n) is 5.53. The van der Waals surface area contributed by atoms with Crippen LogP contribution in [0, 0.1) is 5.41 Å². The van der Waals surface area contributed by atoms with Crippen molar-refractivity contribution < 1.29 is 28.8 Å². The number of carbonyl (C=O) groups excluding carboxylic acids is 1. The quantitative estimate of drug-likeness (QED) is 0.491. The van der Waals surface area contributed by atoms with Gasteiger partial charge < -0.3 is 24.1 Å². The predicted octanol–water partition coefficient (Wildman–Crippen LogP) is 4.59. The van der Waals surface area contributed by atoms with Gasteiger partial charge in [0.05, 0.1) is 25.2 Å². The summed E-state index contributed by atoms with van der Waals surface area (Å²) in [4.78, 5) is 12.9. The molecule has 1 saturated heterocycles. The monoisotopic (exact) mass is 488 g/mol. The Bertz CT molecular complexity index is 870. The van der Waals surface area contributed by atoms with E-state index in [2.05, 4.69) is 0 Å². The van der Waals surface area contributed by atoms with Gasteiger partial charge in [-0.15, -0.1) is 11.8 Å². The highest BCUT2D eigenvalue weighted by Gasteiger charge is 2.50. The largest absolute Gasteiger partial charge is 0.455 e. The van der Waals surface area contributed by atoms with Crippen LogP contribution in [0.5, 0.6) is 0 Å². The average Bonchev–Trinajstić information content (AvgIpc) is 2.83. The molecular weight excluding hydrogens is 452 g/mol. The summed E-state index contributed by atoms with van der Waals surface area (Å²) in [5.41, 5.74) is 0.830. The Morgan fingerprint density at radius 3 is 1.91 bits per heavy atom. The van der Waals surface area contributed by atoms with Crippen LogP contribution in [0.2, 0.25) is 0 Å². The Kier molecular flexibility index (Phi) is 9.97. The highest BCUT2D eigenvalue weighted by atomic mass is 32.2. The number of ether oxygens (including phenoxy) is 4. The minimum atomic E-state index is -0.691. The number of hydrogen-bond donors (Lipinski definition) is 1. The van der Waals surface area contributed by atoms with Gasteiger partial charge in [0, 0.05) is 0 Å².